The molecule has 0 aliphatic heterocycles. The Morgan fingerprint density at radius 3 is 3.08 bits per heavy atom. The summed E-state index contributed by atoms with van der Waals surface area (Å²) in [4.78, 5) is 4.51. The number of fused-ring (bicyclic) bond motifs is 1. The van der Waals surface area contributed by atoms with Crippen molar-refractivity contribution in [3.8, 4) is 5.75 Å². The minimum atomic E-state index is 0.424. The predicted octanol–water partition coefficient (Wildman–Crippen LogP) is 0.0722. The molecule has 6 nitrogen and oxygen atoms in total. The summed E-state index contributed by atoms with van der Waals surface area (Å²) in [6, 6.07) is 0. The van der Waals surface area contributed by atoms with Gasteiger partial charge in [0, 0.05) is 0 Å². The molecule has 2 heterocycles. The standard InChI is InChI=1S/C6H6N4O2/c1-12-5-3-7-2-4-6(5)10(11)9-8-4/h2-3,11H,1H3. The lowest BCUT2D eigenvalue weighted by atomic mass is 10.4. The number of pyridine rings is 1. The maximum absolute atomic E-state index is 9.16. The van der Waals surface area contributed by atoms with E-state index in [-0.39, 0.29) is 0 Å². The average molecular weight is 166 g/mol. The molecule has 0 saturated carbocycles. The van der Waals surface area contributed by atoms with Gasteiger partial charge in [0.25, 0.3) is 0 Å². The van der Waals surface area contributed by atoms with E-state index in [0.29, 0.717) is 21.6 Å². The van der Waals surface area contributed by atoms with Crippen molar-refractivity contribution in [2.24, 2.45) is 0 Å². The zero-order chi connectivity index (χ0) is 8.55. The molecule has 0 spiro atoms. The molecule has 12 heavy (non-hydrogen) atoms. The van der Waals surface area contributed by atoms with Crippen LogP contribution in [0.25, 0.3) is 11.0 Å². The Morgan fingerprint density at radius 2 is 2.33 bits per heavy atom. The summed E-state index contributed by atoms with van der Waals surface area (Å²) in [5.74, 6) is 0.444. The summed E-state index contributed by atoms with van der Waals surface area (Å²) >= 11 is 0. The van der Waals surface area contributed by atoms with Crippen molar-refractivity contribution in [3.63, 3.8) is 0 Å². The monoisotopic (exact) mass is 166 g/mol. The zero-order valence-corrected chi connectivity index (χ0v) is 6.30. The molecule has 0 fully saturated rings. The first-order chi connectivity index (χ1) is 5.83. The third-order valence-corrected chi connectivity index (χ3v) is 1.52. The topological polar surface area (TPSA) is 73.1 Å². The molecule has 2 aromatic rings. The molecule has 0 bridgehead atoms. The molecule has 0 atom stereocenters. The van der Waals surface area contributed by atoms with Gasteiger partial charge >= 0.3 is 0 Å². The highest BCUT2D eigenvalue weighted by molar-refractivity contribution is 5.79. The lowest BCUT2D eigenvalue weighted by molar-refractivity contribution is 0.153. The molecule has 6 heteroatoms. The maximum Gasteiger partial charge on any atom is 0.175 e. The highest BCUT2D eigenvalue weighted by Crippen LogP contribution is 2.20. The molecular weight excluding hydrogens is 160 g/mol. The van der Waals surface area contributed by atoms with Crippen LogP contribution in [0.1, 0.15) is 0 Å². The molecule has 0 saturated heterocycles. The van der Waals surface area contributed by atoms with Crippen molar-refractivity contribution in [1.82, 2.24) is 20.1 Å². The molecule has 0 aliphatic carbocycles. The second-order valence-electron chi connectivity index (χ2n) is 2.19. The number of ether oxygens (including phenoxy) is 1. The first-order valence-electron chi connectivity index (χ1n) is 3.25. The van der Waals surface area contributed by atoms with Gasteiger partial charge in [-0.3, -0.25) is 4.98 Å². The van der Waals surface area contributed by atoms with E-state index in [2.05, 4.69) is 15.3 Å². The fourth-order valence-electron chi connectivity index (χ4n) is 0.983. The van der Waals surface area contributed by atoms with Crippen molar-refractivity contribution < 1.29 is 9.94 Å². The van der Waals surface area contributed by atoms with Crippen LogP contribution in [-0.2, 0) is 0 Å². The normalized spacial score (nSPS) is 10.4. The van der Waals surface area contributed by atoms with Gasteiger partial charge in [0.15, 0.2) is 11.3 Å². The second kappa shape index (κ2) is 2.33. The quantitative estimate of drug-likeness (QED) is 0.607. The van der Waals surface area contributed by atoms with Gasteiger partial charge in [-0.25, -0.2) is 0 Å². The molecule has 2 aromatic heterocycles. The van der Waals surface area contributed by atoms with Crippen molar-refractivity contribution in [3.05, 3.63) is 12.4 Å². The summed E-state index contributed by atoms with van der Waals surface area (Å²) in [5.41, 5.74) is 0.921. The van der Waals surface area contributed by atoms with Gasteiger partial charge in [0.1, 0.15) is 5.52 Å². The smallest absolute Gasteiger partial charge is 0.175 e. The van der Waals surface area contributed by atoms with E-state index < -0.39 is 0 Å². The maximum atomic E-state index is 9.16. The van der Waals surface area contributed by atoms with Gasteiger partial charge in [-0.05, 0) is 5.21 Å². The third kappa shape index (κ3) is 0.777. The number of rotatable bonds is 1. The molecule has 0 unspecified atom stereocenters. The first kappa shape index (κ1) is 6.84. The number of aromatic nitrogens is 4. The summed E-state index contributed by atoms with van der Waals surface area (Å²) in [6.45, 7) is 0. The molecular formula is C6H6N4O2. The van der Waals surface area contributed by atoms with Crippen LogP contribution in [0.5, 0.6) is 5.75 Å². The lowest BCUT2D eigenvalue weighted by Gasteiger charge is -1.98. The molecule has 0 amide bonds. The molecule has 0 radical (unpaired) electrons. The fraction of sp³-hybridized carbons (Fsp3) is 0.167. The minimum Gasteiger partial charge on any atom is -0.493 e. The van der Waals surface area contributed by atoms with Crippen LogP contribution < -0.4 is 4.74 Å². The summed E-state index contributed by atoms with van der Waals surface area (Å²) in [7, 11) is 1.49. The number of methoxy groups -OCH3 is 1. The van der Waals surface area contributed by atoms with Crippen molar-refractivity contribution in [2.45, 2.75) is 0 Å². The number of hydrogen-bond donors (Lipinski definition) is 1. The van der Waals surface area contributed by atoms with E-state index in [1.807, 2.05) is 0 Å². The van der Waals surface area contributed by atoms with Gasteiger partial charge in [-0.15, -0.1) is 5.10 Å². The first-order valence-corrected chi connectivity index (χ1v) is 3.25. The van der Waals surface area contributed by atoms with Crippen molar-refractivity contribution >= 4 is 11.0 Å². The Morgan fingerprint density at radius 1 is 1.50 bits per heavy atom. The lowest BCUT2D eigenvalue weighted by Crippen LogP contribution is -1.94. The van der Waals surface area contributed by atoms with Gasteiger partial charge in [-0.2, -0.15) is 0 Å². The van der Waals surface area contributed by atoms with E-state index in [1.54, 1.807) is 0 Å². The summed E-state index contributed by atoms with van der Waals surface area (Å²) in [6.07, 6.45) is 2.98. The molecule has 2 rings (SSSR count). The zero-order valence-electron chi connectivity index (χ0n) is 6.30. The van der Waals surface area contributed by atoms with Crippen LogP contribution in [0.15, 0.2) is 12.4 Å². The minimum absolute atomic E-state index is 0.424. The Balaban J connectivity index is 2.84. The van der Waals surface area contributed by atoms with Crippen LogP contribution in [0.3, 0.4) is 0 Å². The SMILES string of the molecule is COc1cncc2nnn(O)c12. The Hall–Kier alpha value is -1.85. The Kier molecular flexibility index (Phi) is 1.33. The van der Waals surface area contributed by atoms with Crippen molar-refractivity contribution in [2.75, 3.05) is 7.11 Å². The van der Waals surface area contributed by atoms with Crippen molar-refractivity contribution in [1.29, 1.82) is 0 Å². The second-order valence-corrected chi connectivity index (χ2v) is 2.19. The van der Waals surface area contributed by atoms with E-state index in [0.717, 1.165) is 0 Å². The molecule has 0 aliphatic rings. The Labute approximate surface area is 67.4 Å². The number of hydrogen-bond acceptors (Lipinski definition) is 5. The third-order valence-electron chi connectivity index (χ3n) is 1.52. The molecule has 1 N–H and O–H groups in total. The van der Waals surface area contributed by atoms with E-state index in [9.17, 15) is 0 Å². The van der Waals surface area contributed by atoms with Crippen LogP contribution in [0.4, 0.5) is 0 Å². The highest BCUT2D eigenvalue weighted by atomic mass is 16.5. The largest absolute Gasteiger partial charge is 0.493 e. The number of nitrogens with zero attached hydrogens (tertiary/aromatic N) is 4. The van der Waals surface area contributed by atoms with E-state index in [4.69, 9.17) is 9.94 Å². The van der Waals surface area contributed by atoms with Gasteiger partial charge < -0.3 is 9.94 Å². The van der Waals surface area contributed by atoms with Crippen LogP contribution in [0.2, 0.25) is 0 Å². The fourth-order valence-corrected chi connectivity index (χ4v) is 0.983. The summed E-state index contributed by atoms with van der Waals surface area (Å²) in [5, 5.41) is 16.2. The van der Waals surface area contributed by atoms with Crippen LogP contribution in [-0.4, -0.2) is 32.5 Å². The van der Waals surface area contributed by atoms with E-state index >= 15 is 0 Å². The highest BCUT2D eigenvalue weighted by Gasteiger charge is 2.08. The summed E-state index contributed by atoms with van der Waals surface area (Å²) < 4.78 is 4.94. The van der Waals surface area contributed by atoms with E-state index in [1.165, 1.54) is 19.5 Å². The molecule has 62 valence electrons. The average Bonchev–Trinajstić information content (AvgIpc) is 2.48. The van der Waals surface area contributed by atoms with Crippen LogP contribution >= 0.6 is 0 Å². The van der Waals surface area contributed by atoms with Gasteiger partial charge in [0.05, 0.1) is 19.5 Å². The molecule has 0 aromatic carbocycles. The van der Waals surface area contributed by atoms with Gasteiger partial charge in [-0.1, -0.05) is 4.85 Å². The van der Waals surface area contributed by atoms with Crippen LogP contribution in [0, 0.1) is 0 Å². The van der Waals surface area contributed by atoms with Gasteiger partial charge in [0.2, 0.25) is 0 Å². The Bertz CT molecular complexity index is 411. The predicted molar refractivity (Wildman–Crippen MR) is 39.1 cm³/mol.